The third-order valence-corrected chi connectivity index (χ3v) is 3.48. The first-order chi connectivity index (χ1) is 7.74. The first-order valence-electron chi connectivity index (χ1n) is 5.37. The fourth-order valence-corrected chi connectivity index (χ4v) is 2.47. The van der Waals surface area contributed by atoms with Gasteiger partial charge in [0, 0.05) is 11.5 Å². The average Bonchev–Trinajstić information content (AvgIpc) is 2.70. The van der Waals surface area contributed by atoms with Gasteiger partial charge >= 0.3 is 0 Å². The van der Waals surface area contributed by atoms with Gasteiger partial charge in [0.05, 0.1) is 5.39 Å². The van der Waals surface area contributed by atoms with Crippen molar-refractivity contribution in [3.05, 3.63) is 16.8 Å². The highest BCUT2D eigenvalue weighted by Gasteiger charge is 2.08. The van der Waals surface area contributed by atoms with Crippen molar-refractivity contribution in [1.82, 2.24) is 9.97 Å². The van der Waals surface area contributed by atoms with E-state index in [1.54, 1.807) is 11.3 Å². The Morgan fingerprint density at radius 3 is 2.88 bits per heavy atom. The Labute approximate surface area is 98.5 Å². The fraction of sp³-hybridized carbons (Fsp3) is 0.455. The van der Waals surface area contributed by atoms with E-state index < -0.39 is 0 Å². The van der Waals surface area contributed by atoms with Crippen molar-refractivity contribution in [1.29, 1.82) is 0 Å². The first kappa shape index (κ1) is 11.3. The van der Waals surface area contributed by atoms with Crippen LogP contribution in [0.15, 0.2) is 6.07 Å². The van der Waals surface area contributed by atoms with E-state index in [-0.39, 0.29) is 0 Å². The van der Waals surface area contributed by atoms with Gasteiger partial charge < -0.3 is 10.5 Å². The summed E-state index contributed by atoms with van der Waals surface area (Å²) >= 11 is 1.67. The Kier molecular flexibility index (Phi) is 3.36. The molecule has 0 unspecified atom stereocenters. The van der Waals surface area contributed by atoms with E-state index in [0.717, 1.165) is 16.6 Å². The lowest BCUT2D eigenvalue weighted by Gasteiger charge is -2.01. The van der Waals surface area contributed by atoms with E-state index in [2.05, 4.69) is 23.0 Å². The molecule has 0 aliphatic rings. The lowest BCUT2D eigenvalue weighted by molar-refractivity contribution is 0.128. The summed E-state index contributed by atoms with van der Waals surface area (Å²) in [6, 6.07) is 2.07. The molecule has 0 amide bonds. The van der Waals surface area contributed by atoms with Gasteiger partial charge in [-0.3, -0.25) is 0 Å². The standard InChI is InChI=1S/C11H15N3OS/c1-3-7-5-8-10(12)13-9(6-15-4-2)14-11(8)16-7/h5H,3-4,6H2,1-2H3,(H2,12,13,14). The van der Waals surface area contributed by atoms with E-state index in [1.807, 2.05) is 6.92 Å². The molecule has 2 rings (SSSR count). The minimum absolute atomic E-state index is 0.427. The molecule has 0 aliphatic heterocycles. The molecular weight excluding hydrogens is 222 g/mol. The van der Waals surface area contributed by atoms with Crippen LogP contribution in [0.2, 0.25) is 0 Å². The summed E-state index contributed by atoms with van der Waals surface area (Å²) in [5, 5.41) is 0.960. The van der Waals surface area contributed by atoms with Crippen molar-refractivity contribution in [2.75, 3.05) is 12.3 Å². The Morgan fingerprint density at radius 2 is 2.19 bits per heavy atom. The predicted molar refractivity (Wildman–Crippen MR) is 66.5 cm³/mol. The van der Waals surface area contributed by atoms with Crippen LogP contribution in [-0.4, -0.2) is 16.6 Å². The monoisotopic (exact) mass is 237 g/mol. The third kappa shape index (κ3) is 2.15. The Balaban J connectivity index is 2.40. The quantitative estimate of drug-likeness (QED) is 0.886. The van der Waals surface area contributed by atoms with Crippen molar-refractivity contribution >= 4 is 27.4 Å². The van der Waals surface area contributed by atoms with Crippen molar-refractivity contribution in [2.24, 2.45) is 0 Å². The fourth-order valence-electron chi connectivity index (χ4n) is 1.47. The lowest BCUT2D eigenvalue weighted by atomic mass is 10.3. The second-order valence-electron chi connectivity index (χ2n) is 3.45. The minimum atomic E-state index is 0.427. The zero-order chi connectivity index (χ0) is 11.5. The van der Waals surface area contributed by atoms with Crippen molar-refractivity contribution in [2.45, 2.75) is 26.9 Å². The molecule has 2 aromatic rings. The average molecular weight is 237 g/mol. The van der Waals surface area contributed by atoms with Crippen molar-refractivity contribution in [3.63, 3.8) is 0 Å². The number of nitrogen functional groups attached to an aromatic ring is 1. The van der Waals surface area contributed by atoms with Crippen LogP contribution in [-0.2, 0) is 17.8 Å². The zero-order valence-corrected chi connectivity index (χ0v) is 10.3. The van der Waals surface area contributed by atoms with Crippen LogP contribution in [0.5, 0.6) is 0 Å². The number of nitrogens with zero attached hydrogens (tertiary/aromatic N) is 2. The van der Waals surface area contributed by atoms with Crippen LogP contribution >= 0.6 is 11.3 Å². The maximum absolute atomic E-state index is 5.90. The third-order valence-electron chi connectivity index (χ3n) is 2.30. The minimum Gasteiger partial charge on any atom is -0.383 e. The summed E-state index contributed by atoms with van der Waals surface area (Å²) in [5.41, 5.74) is 5.90. The van der Waals surface area contributed by atoms with Crippen LogP contribution in [0.3, 0.4) is 0 Å². The number of fused-ring (bicyclic) bond motifs is 1. The second-order valence-corrected chi connectivity index (χ2v) is 4.56. The van der Waals surface area contributed by atoms with Gasteiger partial charge in [-0.05, 0) is 19.4 Å². The van der Waals surface area contributed by atoms with E-state index in [0.29, 0.717) is 24.9 Å². The maximum atomic E-state index is 5.90. The highest BCUT2D eigenvalue weighted by Crippen LogP contribution is 2.27. The van der Waals surface area contributed by atoms with Crippen LogP contribution in [0.1, 0.15) is 24.5 Å². The predicted octanol–water partition coefficient (Wildman–Crippen LogP) is 2.37. The number of rotatable bonds is 4. The number of thiophene rings is 1. The van der Waals surface area contributed by atoms with Gasteiger partial charge in [0.1, 0.15) is 17.3 Å². The normalized spacial score (nSPS) is 11.1. The molecule has 2 N–H and O–H groups in total. The number of aryl methyl sites for hydroxylation is 1. The Bertz CT molecular complexity index is 495. The molecule has 86 valence electrons. The summed E-state index contributed by atoms with van der Waals surface area (Å²) in [6.07, 6.45) is 1.00. The molecule has 0 spiro atoms. The Morgan fingerprint density at radius 1 is 1.38 bits per heavy atom. The van der Waals surface area contributed by atoms with Gasteiger partial charge in [0.15, 0.2) is 5.82 Å². The molecule has 2 aromatic heterocycles. The summed E-state index contributed by atoms with van der Waals surface area (Å²) < 4.78 is 5.28. The molecule has 0 bridgehead atoms. The largest absolute Gasteiger partial charge is 0.383 e. The zero-order valence-electron chi connectivity index (χ0n) is 9.49. The van der Waals surface area contributed by atoms with E-state index >= 15 is 0 Å². The number of nitrogens with two attached hydrogens (primary N) is 1. The summed E-state index contributed by atoms with van der Waals surface area (Å²) in [6.45, 7) is 5.15. The molecule has 2 heterocycles. The number of hydrogen-bond donors (Lipinski definition) is 1. The Hall–Kier alpha value is -1.20. The summed E-state index contributed by atoms with van der Waals surface area (Å²) in [5.74, 6) is 1.21. The first-order valence-corrected chi connectivity index (χ1v) is 6.18. The smallest absolute Gasteiger partial charge is 0.158 e. The second kappa shape index (κ2) is 4.76. The number of anilines is 1. The van der Waals surface area contributed by atoms with Gasteiger partial charge in [-0.25, -0.2) is 9.97 Å². The van der Waals surface area contributed by atoms with Crippen LogP contribution < -0.4 is 5.73 Å². The molecular formula is C11H15N3OS. The number of aromatic nitrogens is 2. The highest BCUT2D eigenvalue weighted by molar-refractivity contribution is 7.18. The maximum Gasteiger partial charge on any atom is 0.158 e. The van der Waals surface area contributed by atoms with Crippen molar-refractivity contribution in [3.8, 4) is 0 Å². The van der Waals surface area contributed by atoms with Crippen LogP contribution in [0.25, 0.3) is 10.2 Å². The molecule has 0 saturated heterocycles. The van der Waals surface area contributed by atoms with Crippen molar-refractivity contribution < 1.29 is 4.74 Å². The van der Waals surface area contributed by atoms with E-state index in [1.165, 1.54) is 4.88 Å². The highest BCUT2D eigenvalue weighted by atomic mass is 32.1. The SMILES string of the molecule is CCOCc1nc(N)c2cc(CC)sc2n1. The summed E-state index contributed by atoms with van der Waals surface area (Å²) in [7, 11) is 0. The van der Waals surface area contributed by atoms with Gasteiger partial charge in [-0.1, -0.05) is 6.92 Å². The van der Waals surface area contributed by atoms with Crippen LogP contribution in [0.4, 0.5) is 5.82 Å². The molecule has 0 aromatic carbocycles. The van der Waals surface area contributed by atoms with Gasteiger partial charge in [0.2, 0.25) is 0 Å². The lowest BCUT2D eigenvalue weighted by Crippen LogP contribution is -2.02. The molecule has 4 nitrogen and oxygen atoms in total. The molecule has 0 atom stereocenters. The number of ether oxygens (including phenoxy) is 1. The molecule has 0 radical (unpaired) electrons. The van der Waals surface area contributed by atoms with E-state index in [9.17, 15) is 0 Å². The summed E-state index contributed by atoms with van der Waals surface area (Å²) in [4.78, 5) is 10.9. The molecule has 16 heavy (non-hydrogen) atoms. The van der Waals surface area contributed by atoms with Gasteiger partial charge in [-0.15, -0.1) is 11.3 Å². The molecule has 0 aliphatic carbocycles. The van der Waals surface area contributed by atoms with Crippen LogP contribution in [0, 0.1) is 0 Å². The van der Waals surface area contributed by atoms with Gasteiger partial charge in [-0.2, -0.15) is 0 Å². The van der Waals surface area contributed by atoms with Gasteiger partial charge in [0.25, 0.3) is 0 Å². The topological polar surface area (TPSA) is 61.0 Å². The van der Waals surface area contributed by atoms with E-state index in [4.69, 9.17) is 10.5 Å². The molecule has 0 fully saturated rings. The molecule has 0 saturated carbocycles. The molecule has 5 heteroatoms. The number of hydrogen-bond acceptors (Lipinski definition) is 5.